The number of nitrogens with one attached hydrogen (secondary N) is 2. The third-order valence-corrected chi connectivity index (χ3v) is 4.46. The molecule has 2 aliphatic heterocycles. The Labute approximate surface area is 113 Å². The number of hydrogen-bond donors (Lipinski definition) is 2. The Morgan fingerprint density at radius 2 is 1.63 bits per heavy atom. The van der Waals surface area contributed by atoms with Crippen molar-refractivity contribution in [3.05, 3.63) is 65.7 Å². The van der Waals surface area contributed by atoms with Crippen molar-refractivity contribution in [3.8, 4) is 0 Å². The third kappa shape index (κ3) is 1.75. The molecule has 1 fully saturated rings. The number of para-hydroxylation sites is 1. The standard InChI is InChI=1S/C17H18N2/c1-2-6-12(7-3-1)16-14-10-11-18-17(14)13-8-4-5-9-15(13)19-16/h1-9,14,16-19H,10-11H2. The summed E-state index contributed by atoms with van der Waals surface area (Å²) in [5, 5.41) is 7.42. The van der Waals surface area contributed by atoms with Crippen LogP contribution in [0, 0.1) is 5.92 Å². The topological polar surface area (TPSA) is 24.1 Å². The fourth-order valence-electron chi connectivity index (χ4n) is 3.59. The smallest absolute Gasteiger partial charge is 0.0560 e. The van der Waals surface area contributed by atoms with Crippen molar-refractivity contribution in [2.24, 2.45) is 5.92 Å². The van der Waals surface area contributed by atoms with Gasteiger partial charge in [-0.05, 0) is 30.2 Å². The molecule has 2 heterocycles. The normalized spacial score (nSPS) is 28.3. The van der Waals surface area contributed by atoms with Crippen molar-refractivity contribution < 1.29 is 0 Å². The van der Waals surface area contributed by atoms with Gasteiger partial charge in [0.1, 0.15) is 0 Å². The molecule has 96 valence electrons. The van der Waals surface area contributed by atoms with Crippen LogP contribution in [-0.2, 0) is 0 Å². The molecule has 2 heteroatoms. The van der Waals surface area contributed by atoms with Gasteiger partial charge in [-0.15, -0.1) is 0 Å². The van der Waals surface area contributed by atoms with Crippen LogP contribution in [0.15, 0.2) is 54.6 Å². The molecule has 0 amide bonds. The second kappa shape index (κ2) is 4.39. The molecule has 4 rings (SSSR count). The molecule has 2 nitrogen and oxygen atoms in total. The zero-order valence-electron chi connectivity index (χ0n) is 10.8. The van der Waals surface area contributed by atoms with Crippen LogP contribution in [-0.4, -0.2) is 6.54 Å². The summed E-state index contributed by atoms with van der Waals surface area (Å²) in [5.74, 6) is 0.650. The van der Waals surface area contributed by atoms with Crippen LogP contribution in [0.2, 0.25) is 0 Å². The zero-order chi connectivity index (χ0) is 12.7. The average molecular weight is 250 g/mol. The van der Waals surface area contributed by atoms with Gasteiger partial charge in [0.25, 0.3) is 0 Å². The Balaban J connectivity index is 1.79. The van der Waals surface area contributed by atoms with Crippen LogP contribution in [0.3, 0.4) is 0 Å². The maximum absolute atomic E-state index is 3.74. The maximum atomic E-state index is 3.74. The molecule has 2 aliphatic rings. The van der Waals surface area contributed by atoms with Gasteiger partial charge in [0.2, 0.25) is 0 Å². The molecule has 1 saturated heterocycles. The highest BCUT2D eigenvalue weighted by molar-refractivity contribution is 5.57. The van der Waals surface area contributed by atoms with E-state index < -0.39 is 0 Å². The van der Waals surface area contributed by atoms with Crippen LogP contribution >= 0.6 is 0 Å². The molecule has 0 bridgehead atoms. The predicted molar refractivity (Wildman–Crippen MR) is 78.1 cm³/mol. The number of rotatable bonds is 1. The SMILES string of the molecule is c1ccc(C2Nc3ccccc3C3NCCC23)cc1. The minimum atomic E-state index is 0.427. The van der Waals surface area contributed by atoms with Crippen LogP contribution < -0.4 is 10.6 Å². The minimum absolute atomic E-state index is 0.427. The van der Waals surface area contributed by atoms with Gasteiger partial charge in [0.05, 0.1) is 6.04 Å². The molecule has 0 spiro atoms. The molecule has 0 aliphatic carbocycles. The Hall–Kier alpha value is -1.80. The average Bonchev–Trinajstić information content (AvgIpc) is 2.97. The monoisotopic (exact) mass is 250 g/mol. The van der Waals surface area contributed by atoms with Crippen molar-refractivity contribution in [3.63, 3.8) is 0 Å². The number of benzene rings is 2. The van der Waals surface area contributed by atoms with Gasteiger partial charge in [0, 0.05) is 17.6 Å². The zero-order valence-corrected chi connectivity index (χ0v) is 10.8. The fraction of sp³-hybridized carbons (Fsp3) is 0.294. The summed E-state index contributed by atoms with van der Waals surface area (Å²) in [5.41, 5.74) is 4.11. The van der Waals surface area contributed by atoms with E-state index in [1.165, 1.54) is 23.2 Å². The second-order valence-corrected chi connectivity index (χ2v) is 5.50. The van der Waals surface area contributed by atoms with Gasteiger partial charge in [0.15, 0.2) is 0 Å². The number of anilines is 1. The van der Waals surface area contributed by atoms with E-state index in [1.807, 2.05) is 0 Å². The van der Waals surface area contributed by atoms with Gasteiger partial charge in [-0.25, -0.2) is 0 Å². The molecule has 3 atom stereocenters. The van der Waals surface area contributed by atoms with E-state index in [9.17, 15) is 0 Å². The maximum Gasteiger partial charge on any atom is 0.0560 e. The van der Waals surface area contributed by atoms with E-state index in [1.54, 1.807) is 0 Å². The Morgan fingerprint density at radius 1 is 0.842 bits per heavy atom. The number of hydrogen-bond acceptors (Lipinski definition) is 2. The molecule has 2 aromatic rings. The summed E-state index contributed by atoms with van der Waals surface area (Å²) in [6.07, 6.45) is 1.24. The summed E-state index contributed by atoms with van der Waals surface area (Å²) >= 11 is 0. The molecule has 3 unspecified atom stereocenters. The summed E-state index contributed by atoms with van der Waals surface area (Å²) in [6, 6.07) is 20.5. The first-order valence-electron chi connectivity index (χ1n) is 7.07. The summed E-state index contributed by atoms with van der Waals surface area (Å²) in [7, 11) is 0. The largest absolute Gasteiger partial charge is 0.378 e. The van der Waals surface area contributed by atoms with Crippen molar-refractivity contribution in [2.75, 3.05) is 11.9 Å². The van der Waals surface area contributed by atoms with E-state index in [2.05, 4.69) is 65.2 Å². The van der Waals surface area contributed by atoms with Crippen molar-refractivity contribution in [1.29, 1.82) is 0 Å². The van der Waals surface area contributed by atoms with Gasteiger partial charge >= 0.3 is 0 Å². The predicted octanol–water partition coefficient (Wildman–Crippen LogP) is 3.50. The van der Waals surface area contributed by atoms with Crippen LogP contribution in [0.1, 0.15) is 29.6 Å². The molecule has 19 heavy (non-hydrogen) atoms. The summed E-state index contributed by atoms with van der Waals surface area (Å²) in [6.45, 7) is 1.12. The van der Waals surface area contributed by atoms with Crippen molar-refractivity contribution >= 4 is 5.69 Å². The van der Waals surface area contributed by atoms with Gasteiger partial charge in [-0.1, -0.05) is 48.5 Å². The lowest BCUT2D eigenvalue weighted by Crippen LogP contribution is -2.32. The first-order valence-corrected chi connectivity index (χ1v) is 7.07. The lowest BCUT2D eigenvalue weighted by molar-refractivity contribution is 0.391. The van der Waals surface area contributed by atoms with Crippen molar-refractivity contribution in [2.45, 2.75) is 18.5 Å². The van der Waals surface area contributed by atoms with Gasteiger partial charge < -0.3 is 10.6 Å². The molecular formula is C17H18N2. The lowest BCUT2D eigenvalue weighted by Gasteiger charge is -2.37. The van der Waals surface area contributed by atoms with E-state index in [-0.39, 0.29) is 0 Å². The van der Waals surface area contributed by atoms with Gasteiger partial charge in [-0.3, -0.25) is 0 Å². The molecule has 0 radical (unpaired) electrons. The van der Waals surface area contributed by atoms with Crippen molar-refractivity contribution in [1.82, 2.24) is 5.32 Å². The second-order valence-electron chi connectivity index (χ2n) is 5.50. The number of fused-ring (bicyclic) bond motifs is 3. The summed E-state index contributed by atoms with van der Waals surface area (Å²) in [4.78, 5) is 0. The van der Waals surface area contributed by atoms with Crippen LogP contribution in [0.5, 0.6) is 0 Å². The molecule has 2 aromatic carbocycles. The molecular weight excluding hydrogens is 232 g/mol. The van der Waals surface area contributed by atoms with E-state index in [0.29, 0.717) is 18.0 Å². The Kier molecular flexibility index (Phi) is 2.56. The quantitative estimate of drug-likeness (QED) is 0.809. The minimum Gasteiger partial charge on any atom is -0.378 e. The Bertz CT molecular complexity index is 579. The highest BCUT2D eigenvalue weighted by Crippen LogP contribution is 2.46. The van der Waals surface area contributed by atoms with E-state index in [4.69, 9.17) is 0 Å². The van der Waals surface area contributed by atoms with Crippen LogP contribution in [0.25, 0.3) is 0 Å². The highest BCUT2D eigenvalue weighted by atomic mass is 15.0. The highest BCUT2D eigenvalue weighted by Gasteiger charge is 2.39. The first-order chi connectivity index (χ1) is 9.43. The third-order valence-electron chi connectivity index (χ3n) is 4.46. The van der Waals surface area contributed by atoms with E-state index >= 15 is 0 Å². The summed E-state index contributed by atoms with van der Waals surface area (Å²) < 4.78 is 0. The van der Waals surface area contributed by atoms with Gasteiger partial charge in [-0.2, -0.15) is 0 Å². The molecule has 0 aromatic heterocycles. The fourth-order valence-corrected chi connectivity index (χ4v) is 3.59. The Morgan fingerprint density at radius 3 is 2.53 bits per heavy atom. The molecule has 0 saturated carbocycles. The van der Waals surface area contributed by atoms with E-state index in [0.717, 1.165) is 6.54 Å². The molecule has 2 N–H and O–H groups in total. The first kappa shape index (κ1) is 11.1. The van der Waals surface area contributed by atoms with Crippen LogP contribution in [0.4, 0.5) is 5.69 Å². The lowest BCUT2D eigenvalue weighted by atomic mass is 9.80.